The predicted molar refractivity (Wildman–Crippen MR) is 138 cm³/mol. The van der Waals surface area contributed by atoms with Crippen molar-refractivity contribution in [3.63, 3.8) is 0 Å². The maximum Gasteiger partial charge on any atom is 0.304 e. The fourth-order valence-electron chi connectivity index (χ4n) is 5.04. The number of carboxylic acids is 1. The Hall–Kier alpha value is -4.19. The number of aliphatic carboxylic acids is 1. The third-order valence-electron chi connectivity index (χ3n) is 6.79. The average molecular weight is 498 g/mol. The Morgan fingerprint density at radius 2 is 2.05 bits per heavy atom. The zero-order valence-electron chi connectivity index (χ0n) is 20.5. The van der Waals surface area contributed by atoms with Crippen molar-refractivity contribution in [2.45, 2.75) is 32.2 Å². The number of nitrogens with zero attached hydrogens (tertiary/aromatic N) is 2. The minimum Gasteiger partial charge on any atom is -0.491 e. The summed E-state index contributed by atoms with van der Waals surface area (Å²) in [4.78, 5) is 15.7. The molecule has 8 nitrogen and oxygen atoms in total. The van der Waals surface area contributed by atoms with E-state index in [9.17, 15) is 10.1 Å². The first-order valence-corrected chi connectivity index (χ1v) is 12.3. The Bertz CT molecular complexity index is 1520. The Morgan fingerprint density at radius 1 is 1.24 bits per heavy atom. The molecule has 0 saturated heterocycles. The monoisotopic (exact) mass is 497 g/mol. The number of nitrogens with one attached hydrogen (secondary N) is 1. The van der Waals surface area contributed by atoms with Gasteiger partial charge >= 0.3 is 5.97 Å². The van der Waals surface area contributed by atoms with Crippen LogP contribution in [0.5, 0.6) is 5.75 Å². The lowest BCUT2D eigenvalue weighted by Gasteiger charge is -2.13. The van der Waals surface area contributed by atoms with Crippen LogP contribution in [0.1, 0.15) is 41.1 Å². The van der Waals surface area contributed by atoms with Gasteiger partial charge in [-0.2, -0.15) is 5.26 Å². The van der Waals surface area contributed by atoms with E-state index in [0.717, 1.165) is 46.2 Å². The summed E-state index contributed by atoms with van der Waals surface area (Å²) in [5.74, 6) is 0.276. The van der Waals surface area contributed by atoms with E-state index in [2.05, 4.69) is 11.4 Å². The molecular formula is C29H27N3O5. The van der Waals surface area contributed by atoms with E-state index in [4.69, 9.17) is 24.4 Å². The zero-order valence-corrected chi connectivity index (χ0v) is 20.5. The van der Waals surface area contributed by atoms with E-state index >= 15 is 0 Å². The van der Waals surface area contributed by atoms with Gasteiger partial charge in [-0.05, 0) is 71.8 Å². The van der Waals surface area contributed by atoms with Gasteiger partial charge in [-0.25, -0.2) is 4.98 Å². The van der Waals surface area contributed by atoms with Gasteiger partial charge in [0.15, 0.2) is 5.58 Å². The molecule has 188 valence electrons. The summed E-state index contributed by atoms with van der Waals surface area (Å²) in [6.45, 7) is 2.55. The first kappa shape index (κ1) is 24.5. The second-order valence-electron chi connectivity index (χ2n) is 9.07. The molecule has 1 aromatic heterocycles. The number of benzene rings is 3. The second kappa shape index (κ2) is 10.4. The van der Waals surface area contributed by atoms with Gasteiger partial charge in [0.2, 0.25) is 5.89 Å². The molecule has 1 heterocycles. The number of aliphatic hydroxyl groups excluding tert-OH is 1. The Kier molecular flexibility index (Phi) is 6.91. The smallest absolute Gasteiger partial charge is 0.304 e. The lowest BCUT2D eigenvalue weighted by Crippen LogP contribution is -2.22. The molecule has 0 amide bonds. The van der Waals surface area contributed by atoms with Gasteiger partial charge in [0, 0.05) is 18.2 Å². The fraction of sp³-hybridized carbons (Fsp3) is 0.276. The Balaban J connectivity index is 1.52. The molecule has 3 aromatic carbocycles. The van der Waals surface area contributed by atoms with Gasteiger partial charge < -0.3 is 24.7 Å². The summed E-state index contributed by atoms with van der Waals surface area (Å²) in [5, 5.41) is 31.3. The molecule has 0 fully saturated rings. The maximum absolute atomic E-state index is 10.9. The van der Waals surface area contributed by atoms with Crippen LogP contribution in [-0.4, -0.2) is 40.9 Å². The molecule has 0 aliphatic heterocycles. The molecule has 4 aromatic rings. The first-order valence-electron chi connectivity index (χ1n) is 12.3. The molecule has 37 heavy (non-hydrogen) atoms. The SMILES string of the molecule is Cc1c(-c2cccc(OCCO)c2)cccc1-c1nc2cc3c(c(C#N)c2o1)CC[C@H]3NCCC(=O)O. The lowest BCUT2D eigenvalue weighted by atomic mass is 9.96. The summed E-state index contributed by atoms with van der Waals surface area (Å²) < 4.78 is 11.8. The van der Waals surface area contributed by atoms with Gasteiger partial charge in [-0.15, -0.1) is 0 Å². The quantitative estimate of drug-likeness (QED) is 0.302. The molecule has 0 radical (unpaired) electrons. The zero-order chi connectivity index (χ0) is 25.9. The van der Waals surface area contributed by atoms with Gasteiger partial charge in [0.05, 0.1) is 13.0 Å². The molecule has 0 unspecified atom stereocenters. The minimum absolute atomic E-state index is 0.0172. The van der Waals surface area contributed by atoms with E-state index in [-0.39, 0.29) is 25.7 Å². The maximum atomic E-state index is 10.9. The van der Waals surface area contributed by atoms with Gasteiger partial charge in [0.1, 0.15) is 29.5 Å². The van der Waals surface area contributed by atoms with Crippen molar-refractivity contribution in [3.8, 4) is 34.4 Å². The van der Waals surface area contributed by atoms with Crippen LogP contribution in [0.2, 0.25) is 0 Å². The molecule has 3 N–H and O–H groups in total. The number of ether oxygens (including phenoxy) is 1. The van der Waals surface area contributed by atoms with E-state index in [1.165, 1.54) is 0 Å². The number of hydrogen-bond acceptors (Lipinski definition) is 7. The van der Waals surface area contributed by atoms with Crippen LogP contribution >= 0.6 is 0 Å². The molecule has 1 aliphatic rings. The van der Waals surface area contributed by atoms with Gasteiger partial charge in [0.25, 0.3) is 0 Å². The topological polar surface area (TPSA) is 129 Å². The summed E-state index contributed by atoms with van der Waals surface area (Å²) in [5.41, 5.74) is 7.29. The molecule has 0 bridgehead atoms. The molecular weight excluding hydrogens is 470 g/mol. The predicted octanol–water partition coefficient (Wildman–Crippen LogP) is 4.76. The van der Waals surface area contributed by atoms with E-state index < -0.39 is 5.97 Å². The molecule has 5 rings (SSSR count). The van der Waals surface area contributed by atoms with Crippen LogP contribution in [0, 0.1) is 18.3 Å². The summed E-state index contributed by atoms with van der Waals surface area (Å²) in [6.07, 6.45) is 1.56. The van der Waals surface area contributed by atoms with Crippen molar-refractivity contribution in [1.82, 2.24) is 10.3 Å². The number of oxazole rings is 1. The normalized spacial score (nSPS) is 14.5. The lowest BCUT2D eigenvalue weighted by molar-refractivity contribution is -0.136. The highest BCUT2D eigenvalue weighted by molar-refractivity contribution is 5.86. The number of nitriles is 1. The van der Waals surface area contributed by atoms with Gasteiger partial charge in [-0.1, -0.05) is 24.3 Å². The third kappa shape index (κ3) is 4.79. The summed E-state index contributed by atoms with van der Waals surface area (Å²) >= 11 is 0. The highest BCUT2D eigenvalue weighted by Crippen LogP contribution is 2.40. The highest BCUT2D eigenvalue weighted by Gasteiger charge is 2.29. The first-order chi connectivity index (χ1) is 18.0. The van der Waals surface area contributed by atoms with Crippen LogP contribution in [0.3, 0.4) is 0 Å². The number of carboxylic acid groups (broad SMARTS) is 1. The molecule has 0 spiro atoms. The van der Waals surface area contributed by atoms with Crippen molar-refractivity contribution in [3.05, 3.63) is 70.8 Å². The van der Waals surface area contributed by atoms with Crippen molar-refractivity contribution in [2.75, 3.05) is 19.8 Å². The summed E-state index contributed by atoms with van der Waals surface area (Å²) in [7, 11) is 0. The van der Waals surface area contributed by atoms with Crippen LogP contribution < -0.4 is 10.1 Å². The van der Waals surface area contributed by atoms with Crippen molar-refractivity contribution in [2.24, 2.45) is 0 Å². The summed E-state index contributed by atoms with van der Waals surface area (Å²) in [6, 6.07) is 17.9. The van der Waals surface area contributed by atoms with Crippen LogP contribution in [0.4, 0.5) is 0 Å². The largest absolute Gasteiger partial charge is 0.491 e. The fourth-order valence-corrected chi connectivity index (χ4v) is 5.04. The Morgan fingerprint density at radius 3 is 2.84 bits per heavy atom. The minimum atomic E-state index is -0.845. The van der Waals surface area contributed by atoms with Crippen LogP contribution in [0.15, 0.2) is 52.9 Å². The number of rotatable bonds is 9. The van der Waals surface area contributed by atoms with Crippen molar-refractivity contribution >= 4 is 17.1 Å². The standard InChI is InChI=1S/C29H27N3O5/c1-17-20(18-4-2-5-19(14-18)36-13-12-33)6-3-7-21(17)29-32-26-15-23-22(24(16-30)28(26)37-29)8-9-25(23)31-11-10-27(34)35/h2-7,14-15,25,31,33H,8-13H2,1H3,(H,34,35)/t25-/m1/s1. The average Bonchev–Trinajstić information content (AvgIpc) is 3.50. The third-order valence-corrected chi connectivity index (χ3v) is 6.79. The van der Waals surface area contributed by atoms with E-state index in [1.54, 1.807) is 0 Å². The molecule has 1 atom stereocenters. The highest BCUT2D eigenvalue weighted by atomic mass is 16.5. The van der Waals surface area contributed by atoms with E-state index in [0.29, 0.717) is 34.8 Å². The number of hydrogen-bond donors (Lipinski definition) is 3. The van der Waals surface area contributed by atoms with Crippen LogP contribution in [-0.2, 0) is 11.2 Å². The molecule has 0 saturated carbocycles. The van der Waals surface area contributed by atoms with Crippen molar-refractivity contribution < 1.29 is 24.2 Å². The van der Waals surface area contributed by atoms with Crippen LogP contribution in [0.25, 0.3) is 33.7 Å². The van der Waals surface area contributed by atoms with Gasteiger partial charge in [-0.3, -0.25) is 4.79 Å². The molecule has 8 heteroatoms. The Labute approximate surface area is 214 Å². The second-order valence-corrected chi connectivity index (χ2v) is 9.07. The number of fused-ring (bicyclic) bond motifs is 2. The number of carbonyl (C=O) groups is 1. The molecule has 1 aliphatic carbocycles. The van der Waals surface area contributed by atoms with E-state index in [1.807, 2.05) is 55.5 Å². The number of aliphatic hydroxyl groups is 1. The van der Waals surface area contributed by atoms with Crippen molar-refractivity contribution in [1.29, 1.82) is 5.26 Å². The number of aromatic nitrogens is 1.